The molecule has 0 saturated carbocycles. The fraction of sp³-hybridized carbons (Fsp3) is 0.250. The fourth-order valence-electron chi connectivity index (χ4n) is 4.13. The van der Waals surface area contributed by atoms with Crippen molar-refractivity contribution in [2.45, 2.75) is 33.6 Å². The number of benzene rings is 2. The van der Waals surface area contributed by atoms with Crippen LogP contribution in [0.1, 0.15) is 40.2 Å². The lowest BCUT2D eigenvalue weighted by molar-refractivity contribution is -0.117. The van der Waals surface area contributed by atoms with Gasteiger partial charge in [0, 0.05) is 35.7 Å². The van der Waals surface area contributed by atoms with Crippen LogP contribution in [0.4, 0.5) is 15.8 Å². The highest BCUT2D eigenvalue weighted by Gasteiger charge is 2.23. The first-order chi connectivity index (χ1) is 14.4. The summed E-state index contributed by atoms with van der Waals surface area (Å²) in [4.78, 5) is 26.7. The maximum absolute atomic E-state index is 14.3. The summed E-state index contributed by atoms with van der Waals surface area (Å²) >= 11 is 0. The average Bonchev–Trinajstić information content (AvgIpc) is 3.25. The van der Waals surface area contributed by atoms with Gasteiger partial charge in [0.15, 0.2) is 0 Å². The van der Waals surface area contributed by atoms with Crippen molar-refractivity contribution in [1.82, 2.24) is 4.57 Å². The zero-order valence-corrected chi connectivity index (χ0v) is 17.3. The minimum atomic E-state index is -0.339. The van der Waals surface area contributed by atoms with Crippen LogP contribution in [0.15, 0.2) is 48.5 Å². The van der Waals surface area contributed by atoms with Gasteiger partial charge in [-0.25, -0.2) is 4.39 Å². The number of hydrogen-bond donors (Lipinski definition) is 1. The van der Waals surface area contributed by atoms with Gasteiger partial charge < -0.3 is 14.8 Å². The average molecular weight is 405 g/mol. The predicted octanol–water partition coefficient (Wildman–Crippen LogP) is 4.92. The van der Waals surface area contributed by atoms with Gasteiger partial charge in [-0.1, -0.05) is 12.1 Å². The molecule has 0 atom stereocenters. The first-order valence-corrected chi connectivity index (χ1v) is 10.0. The Bertz CT molecular complexity index is 1150. The van der Waals surface area contributed by atoms with E-state index in [4.69, 9.17) is 0 Å². The highest BCUT2D eigenvalue weighted by Crippen LogP contribution is 2.28. The second kappa shape index (κ2) is 7.78. The first-order valence-electron chi connectivity index (χ1n) is 10.0. The molecule has 1 aromatic heterocycles. The van der Waals surface area contributed by atoms with Crippen LogP contribution in [0.3, 0.4) is 0 Å². The van der Waals surface area contributed by atoms with Gasteiger partial charge in [-0.2, -0.15) is 0 Å². The van der Waals surface area contributed by atoms with Crippen molar-refractivity contribution < 1.29 is 14.0 Å². The molecule has 2 amide bonds. The van der Waals surface area contributed by atoms with Crippen LogP contribution in [-0.2, 0) is 4.79 Å². The summed E-state index contributed by atoms with van der Waals surface area (Å²) in [7, 11) is 0. The van der Waals surface area contributed by atoms with E-state index < -0.39 is 0 Å². The number of carbonyl (C=O) groups is 2. The topological polar surface area (TPSA) is 54.3 Å². The van der Waals surface area contributed by atoms with Crippen LogP contribution < -0.4 is 10.2 Å². The van der Waals surface area contributed by atoms with Gasteiger partial charge >= 0.3 is 0 Å². The van der Waals surface area contributed by atoms with Gasteiger partial charge in [-0.3, -0.25) is 9.59 Å². The van der Waals surface area contributed by atoms with Crippen molar-refractivity contribution in [3.05, 3.63) is 76.9 Å². The Kier molecular flexibility index (Phi) is 5.16. The van der Waals surface area contributed by atoms with E-state index in [1.165, 1.54) is 6.07 Å². The summed E-state index contributed by atoms with van der Waals surface area (Å²) in [5, 5.41) is 2.93. The molecule has 1 N–H and O–H groups in total. The van der Waals surface area contributed by atoms with Crippen LogP contribution in [0.2, 0.25) is 0 Å². The van der Waals surface area contributed by atoms with E-state index in [9.17, 15) is 14.0 Å². The molecule has 4 rings (SSSR count). The molecule has 6 heteroatoms. The Morgan fingerprint density at radius 1 is 1.03 bits per heavy atom. The number of amides is 2. The second-order valence-corrected chi connectivity index (χ2v) is 7.68. The van der Waals surface area contributed by atoms with Crippen molar-refractivity contribution in [3.63, 3.8) is 0 Å². The van der Waals surface area contributed by atoms with Gasteiger partial charge in [0.05, 0.1) is 11.3 Å². The summed E-state index contributed by atoms with van der Waals surface area (Å²) in [5.74, 6) is -0.459. The molecule has 154 valence electrons. The van der Waals surface area contributed by atoms with E-state index in [-0.39, 0.29) is 17.6 Å². The number of carbonyl (C=O) groups excluding carboxylic acids is 2. The standard InChI is InChI=1S/C24H24FN3O2/c1-15-13-18(10-11-21(15)27-12-6-9-23(27)29)26-24(30)19-14-16(2)28(17(19)3)22-8-5-4-7-20(22)25/h4-5,7-8,10-11,13-14H,6,9,12H2,1-3H3,(H,26,30). The van der Waals surface area contributed by atoms with E-state index >= 15 is 0 Å². The van der Waals surface area contributed by atoms with E-state index in [1.54, 1.807) is 33.7 Å². The molecule has 1 fully saturated rings. The molecular formula is C24H24FN3O2. The van der Waals surface area contributed by atoms with Gasteiger partial charge in [0.1, 0.15) is 5.82 Å². The smallest absolute Gasteiger partial charge is 0.257 e. The molecule has 3 aromatic rings. The number of aryl methyl sites for hydroxylation is 2. The van der Waals surface area contributed by atoms with Gasteiger partial charge in [-0.05, 0) is 69.2 Å². The number of aromatic nitrogens is 1. The predicted molar refractivity (Wildman–Crippen MR) is 116 cm³/mol. The van der Waals surface area contributed by atoms with Crippen molar-refractivity contribution >= 4 is 23.2 Å². The van der Waals surface area contributed by atoms with Gasteiger partial charge in [0.2, 0.25) is 5.91 Å². The molecule has 30 heavy (non-hydrogen) atoms. The van der Waals surface area contributed by atoms with E-state index in [2.05, 4.69) is 5.32 Å². The number of halogens is 1. The largest absolute Gasteiger partial charge is 0.322 e. The summed E-state index contributed by atoms with van der Waals surface area (Å²) in [5.41, 5.74) is 4.83. The van der Waals surface area contributed by atoms with E-state index in [0.29, 0.717) is 29.1 Å². The first kappa shape index (κ1) is 19.9. The highest BCUT2D eigenvalue weighted by molar-refractivity contribution is 6.05. The number of rotatable bonds is 4. The third kappa shape index (κ3) is 3.49. The molecule has 0 bridgehead atoms. The molecule has 0 radical (unpaired) electrons. The molecule has 1 aliphatic rings. The number of para-hydroxylation sites is 1. The third-order valence-electron chi connectivity index (χ3n) is 5.59. The van der Waals surface area contributed by atoms with E-state index in [0.717, 1.165) is 29.9 Å². The van der Waals surface area contributed by atoms with Crippen LogP contribution in [0.25, 0.3) is 5.69 Å². The van der Waals surface area contributed by atoms with Crippen LogP contribution in [0, 0.1) is 26.6 Å². The summed E-state index contributed by atoms with van der Waals surface area (Å²) in [6.45, 7) is 6.32. The Hall–Kier alpha value is -3.41. The molecule has 0 aliphatic carbocycles. The Morgan fingerprint density at radius 2 is 1.80 bits per heavy atom. The second-order valence-electron chi connectivity index (χ2n) is 7.68. The fourth-order valence-corrected chi connectivity index (χ4v) is 4.13. The summed E-state index contributed by atoms with van der Waals surface area (Å²) in [6.07, 6.45) is 1.45. The van der Waals surface area contributed by atoms with Gasteiger partial charge in [-0.15, -0.1) is 0 Å². The minimum absolute atomic E-state index is 0.135. The molecule has 0 unspecified atom stereocenters. The monoisotopic (exact) mass is 405 g/mol. The number of hydrogen-bond acceptors (Lipinski definition) is 2. The molecule has 1 aliphatic heterocycles. The van der Waals surface area contributed by atoms with Crippen LogP contribution in [-0.4, -0.2) is 22.9 Å². The molecule has 1 saturated heterocycles. The zero-order valence-electron chi connectivity index (χ0n) is 17.3. The maximum atomic E-state index is 14.3. The Morgan fingerprint density at radius 3 is 2.47 bits per heavy atom. The molecule has 2 aromatic carbocycles. The Labute approximate surface area is 175 Å². The van der Waals surface area contributed by atoms with Crippen molar-refractivity contribution in [2.75, 3.05) is 16.8 Å². The number of nitrogens with zero attached hydrogens (tertiary/aromatic N) is 2. The lowest BCUT2D eigenvalue weighted by atomic mass is 10.1. The minimum Gasteiger partial charge on any atom is -0.322 e. The lowest BCUT2D eigenvalue weighted by Crippen LogP contribution is -2.24. The number of nitrogens with one attached hydrogen (secondary N) is 1. The van der Waals surface area contributed by atoms with Crippen LogP contribution >= 0.6 is 0 Å². The Balaban J connectivity index is 1.59. The van der Waals surface area contributed by atoms with Crippen molar-refractivity contribution in [3.8, 4) is 5.69 Å². The SMILES string of the molecule is Cc1cc(NC(=O)c2cc(C)n(-c3ccccc3F)c2C)ccc1N1CCCC1=O. The van der Waals surface area contributed by atoms with Crippen LogP contribution in [0.5, 0.6) is 0 Å². The van der Waals surface area contributed by atoms with Crippen molar-refractivity contribution in [2.24, 2.45) is 0 Å². The summed E-state index contributed by atoms with van der Waals surface area (Å²) in [6, 6.07) is 13.8. The summed E-state index contributed by atoms with van der Waals surface area (Å²) < 4.78 is 16.0. The molecular weight excluding hydrogens is 381 g/mol. The van der Waals surface area contributed by atoms with E-state index in [1.807, 2.05) is 39.0 Å². The molecule has 5 nitrogen and oxygen atoms in total. The highest BCUT2D eigenvalue weighted by atomic mass is 19.1. The number of anilines is 2. The van der Waals surface area contributed by atoms with Crippen molar-refractivity contribution in [1.29, 1.82) is 0 Å². The zero-order chi connectivity index (χ0) is 21.4. The quantitative estimate of drug-likeness (QED) is 0.670. The third-order valence-corrected chi connectivity index (χ3v) is 5.59. The lowest BCUT2D eigenvalue weighted by Gasteiger charge is -2.19. The molecule has 0 spiro atoms. The maximum Gasteiger partial charge on any atom is 0.257 e. The normalized spacial score (nSPS) is 13.7. The van der Waals surface area contributed by atoms with Gasteiger partial charge in [0.25, 0.3) is 5.91 Å². The molecule has 2 heterocycles.